The third-order valence-electron chi connectivity index (χ3n) is 3.56. The molecule has 0 N–H and O–H groups in total. The van der Waals surface area contributed by atoms with Crippen molar-refractivity contribution in [2.24, 2.45) is 11.8 Å². The van der Waals surface area contributed by atoms with Gasteiger partial charge in [0.2, 0.25) is 0 Å². The lowest BCUT2D eigenvalue weighted by atomic mass is 9.81. The van der Waals surface area contributed by atoms with Crippen LogP contribution in [0, 0.1) is 24.2 Å². The van der Waals surface area contributed by atoms with Gasteiger partial charge in [-0.25, -0.2) is 0 Å². The van der Waals surface area contributed by atoms with Crippen LogP contribution in [0.5, 0.6) is 0 Å². The van der Waals surface area contributed by atoms with Crippen LogP contribution in [0.3, 0.4) is 0 Å². The van der Waals surface area contributed by atoms with Crippen molar-refractivity contribution in [1.29, 1.82) is 0 Å². The summed E-state index contributed by atoms with van der Waals surface area (Å²) in [6, 6.07) is 0. The smallest absolute Gasteiger partial charge is 0.126 e. The summed E-state index contributed by atoms with van der Waals surface area (Å²) in [6.45, 7) is 4.82. The Morgan fingerprint density at radius 1 is 1.44 bits per heavy atom. The number of allylic oxidation sites excluding steroid dienone is 3. The van der Waals surface area contributed by atoms with Gasteiger partial charge in [-0.2, -0.15) is 0 Å². The predicted octanol–water partition coefficient (Wildman–Crippen LogP) is 3.81. The van der Waals surface area contributed by atoms with Crippen LogP contribution in [-0.4, -0.2) is 14.5 Å². The van der Waals surface area contributed by atoms with Crippen molar-refractivity contribution >= 4 is 7.85 Å². The van der Waals surface area contributed by atoms with Crippen molar-refractivity contribution in [2.75, 3.05) is 6.61 Å². The Labute approximate surface area is 113 Å². The Bertz CT molecular complexity index is 339. The molecule has 0 heterocycles. The van der Waals surface area contributed by atoms with Gasteiger partial charge >= 0.3 is 0 Å². The standard InChI is InChI=1S/C16H23BO/c1-4-8-16(11-14(3)17)18-12-13(2)15-9-6-5-7-10-15/h1,8,11,13,15H,5-7,9-10,12H2,2-3H3/b14-11+,16-8+. The van der Waals surface area contributed by atoms with E-state index < -0.39 is 0 Å². The van der Waals surface area contributed by atoms with E-state index in [0.29, 0.717) is 17.1 Å². The lowest BCUT2D eigenvalue weighted by Crippen LogP contribution is -2.19. The first kappa shape index (κ1) is 15.0. The van der Waals surface area contributed by atoms with Crippen molar-refractivity contribution < 1.29 is 4.74 Å². The zero-order valence-electron chi connectivity index (χ0n) is 11.6. The van der Waals surface area contributed by atoms with Gasteiger partial charge in [0.15, 0.2) is 0 Å². The molecule has 1 atom stereocenters. The van der Waals surface area contributed by atoms with Gasteiger partial charge in [0.25, 0.3) is 0 Å². The van der Waals surface area contributed by atoms with E-state index in [1.165, 1.54) is 32.1 Å². The number of hydrogen-bond acceptors (Lipinski definition) is 1. The Hall–Kier alpha value is -1.10. The molecule has 1 unspecified atom stereocenters. The quantitative estimate of drug-likeness (QED) is 0.308. The largest absolute Gasteiger partial charge is 0.493 e. The van der Waals surface area contributed by atoms with Gasteiger partial charge in [-0.1, -0.05) is 51.9 Å². The first-order valence-electron chi connectivity index (χ1n) is 6.86. The minimum Gasteiger partial charge on any atom is -0.493 e. The Kier molecular flexibility index (Phi) is 6.72. The fraction of sp³-hybridized carbons (Fsp3) is 0.625. The van der Waals surface area contributed by atoms with E-state index in [1.807, 2.05) is 6.92 Å². The Balaban J connectivity index is 2.44. The van der Waals surface area contributed by atoms with Crippen LogP contribution in [0.25, 0.3) is 0 Å². The van der Waals surface area contributed by atoms with E-state index in [4.69, 9.17) is 19.0 Å². The van der Waals surface area contributed by atoms with Crippen LogP contribution in [0.1, 0.15) is 46.0 Å². The van der Waals surface area contributed by atoms with Crippen molar-refractivity contribution in [3.05, 3.63) is 23.4 Å². The van der Waals surface area contributed by atoms with E-state index in [1.54, 1.807) is 12.2 Å². The Morgan fingerprint density at radius 3 is 2.67 bits per heavy atom. The van der Waals surface area contributed by atoms with E-state index in [0.717, 1.165) is 12.5 Å². The molecule has 2 radical (unpaired) electrons. The average molecular weight is 242 g/mol. The van der Waals surface area contributed by atoms with E-state index in [2.05, 4.69) is 12.8 Å². The molecule has 2 heteroatoms. The molecule has 0 aromatic rings. The van der Waals surface area contributed by atoms with Crippen molar-refractivity contribution in [1.82, 2.24) is 0 Å². The molecule has 18 heavy (non-hydrogen) atoms. The normalized spacial score (nSPS) is 20.3. The monoisotopic (exact) mass is 242 g/mol. The molecule has 1 fully saturated rings. The highest BCUT2D eigenvalue weighted by molar-refractivity contribution is 6.21. The minimum atomic E-state index is 0.581. The minimum absolute atomic E-state index is 0.581. The van der Waals surface area contributed by atoms with Crippen LogP contribution in [0.2, 0.25) is 0 Å². The highest BCUT2D eigenvalue weighted by Crippen LogP contribution is 2.30. The summed E-state index contributed by atoms with van der Waals surface area (Å²) in [5.74, 6) is 4.57. The molecule has 1 saturated carbocycles. The summed E-state index contributed by atoms with van der Waals surface area (Å²) in [7, 11) is 5.64. The van der Waals surface area contributed by atoms with Gasteiger partial charge in [-0.05, 0) is 17.9 Å². The zero-order chi connectivity index (χ0) is 13.4. The van der Waals surface area contributed by atoms with Crippen molar-refractivity contribution in [3.8, 4) is 12.3 Å². The topological polar surface area (TPSA) is 9.23 Å². The van der Waals surface area contributed by atoms with Gasteiger partial charge < -0.3 is 4.74 Å². The number of terminal acetylenes is 1. The van der Waals surface area contributed by atoms with Gasteiger partial charge in [-0.15, -0.1) is 11.9 Å². The summed E-state index contributed by atoms with van der Waals surface area (Å²) in [5.41, 5.74) is 0.710. The first-order chi connectivity index (χ1) is 8.63. The maximum Gasteiger partial charge on any atom is 0.126 e. The van der Waals surface area contributed by atoms with Crippen LogP contribution >= 0.6 is 0 Å². The van der Waals surface area contributed by atoms with Gasteiger partial charge in [0, 0.05) is 6.08 Å². The molecule has 1 nitrogen and oxygen atoms in total. The van der Waals surface area contributed by atoms with E-state index in [9.17, 15) is 0 Å². The fourth-order valence-electron chi connectivity index (χ4n) is 2.50. The third-order valence-corrected chi connectivity index (χ3v) is 3.56. The van der Waals surface area contributed by atoms with E-state index in [-0.39, 0.29) is 0 Å². The van der Waals surface area contributed by atoms with Crippen molar-refractivity contribution in [2.45, 2.75) is 46.0 Å². The number of ether oxygens (including phenoxy) is 1. The molecule has 0 aromatic heterocycles. The van der Waals surface area contributed by atoms with Gasteiger partial charge in [-0.3, -0.25) is 0 Å². The van der Waals surface area contributed by atoms with E-state index >= 15 is 0 Å². The summed E-state index contributed by atoms with van der Waals surface area (Å²) in [5, 5.41) is 0. The maximum absolute atomic E-state index is 5.77. The molecule has 0 aromatic carbocycles. The van der Waals surface area contributed by atoms with Gasteiger partial charge in [0.1, 0.15) is 13.6 Å². The number of hydrogen-bond donors (Lipinski definition) is 0. The summed E-state index contributed by atoms with van der Waals surface area (Å²) < 4.78 is 5.77. The molecular weight excluding hydrogens is 219 g/mol. The van der Waals surface area contributed by atoms with Crippen LogP contribution in [0.15, 0.2) is 23.4 Å². The van der Waals surface area contributed by atoms with Crippen LogP contribution < -0.4 is 0 Å². The average Bonchev–Trinajstić information content (AvgIpc) is 2.36. The molecule has 1 rings (SSSR count). The summed E-state index contributed by atoms with van der Waals surface area (Å²) >= 11 is 0. The highest BCUT2D eigenvalue weighted by atomic mass is 16.5. The summed E-state index contributed by atoms with van der Waals surface area (Å²) in [4.78, 5) is 0. The number of rotatable bonds is 5. The molecule has 1 aliphatic rings. The molecule has 0 amide bonds. The van der Waals surface area contributed by atoms with Crippen molar-refractivity contribution in [3.63, 3.8) is 0 Å². The third kappa shape index (κ3) is 5.49. The SMILES string of the molecule is [B]/C(C)=C/C(=C\C#C)OCC(C)C1CCCCC1. The second-order valence-corrected chi connectivity index (χ2v) is 5.29. The fourth-order valence-corrected chi connectivity index (χ4v) is 2.50. The first-order valence-corrected chi connectivity index (χ1v) is 6.86. The second kappa shape index (κ2) is 8.09. The molecule has 0 saturated heterocycles. The molecule has 96 valence electrons. The zero-order valence-corrected chi connectivity index (χ0v) is 11.6. The lowest BCUT2D eigenvalue weighted by molar-refractivity contribution is 0.130. The second-order valence-electron chi connectivity index (χ2n) is 5.29. The highest BCUT2D eigenvalue weighted by Gasteiger charge is 2.20. The lowest BCUT2D eigenvalue weighted by Gasteiger charge is -2.27. The predicted molar refractivity (Wildman–Crippen MR) is 78.1 cm³/mol. The molecule has 0 aliphatic heterocycles. The summed E-state index contributed by atoms with van der Waals surface area (Å²) in [6.07, 6.45) is 15.5. The molecular formula is C16H23BO. The van der Waals surface area contributed by atoms with Crippen LogP contribution in [-0.2, 0) is 4.74 Å². The van der Waals surface area contributed by atoms with Crippen LogP contribution in [0.4, 0.5) is 0 Å². The molecule has 0 spiro atoms. The van der Waals surface area contributed by atoms with Gasteiger partial charge in [0.05, 0.1) is 6.61 Å². The Morgan fingerprint density at radius 2 is 2.11 bits per heavy atom. The molecule has 1 aliphatic carbocycles. The molecule has 0 bridgehead atoms. The maximum atomic E-state index is 5.77.